The number of amides is 1. The fourth-order valence-corrected chi connectivity index (χ4v) is 4.10. The normalized spacial score (nSPS) is 26.0. The number of carbonyl (C=O) groups excluding carboxylic acids is 2. The van der Waals surface area contributed by atoms with Crippen LogP contribution >= 0.6 is 11.6 Å². The van der Waals surface area contributed by atoms with Gasteiger partial charge in [0.2, 0.25) is 5.91 Å². The summed E-state index contributed by atoms with van der Waals surface area (Å²) in [5.41, 5.74) is 0.847. The van der Waals surface area contributed by atoms with Gasteiger partial charge in [0.1, 0.15) is 0 Å². The van der Waals surface area contributed by atoms with E-state index in [-0.39, 0.29) is 5.91 Å². The monoisotopic (exact) mass is 321 g/mol. The maximum Gasteiger partial charge on any atom is 0.337 e. The lowest BCUT2D eigenvalue weighted by Crippen LogP contribution is -2.20. The molecule has 1 N–H and O–H groups in total. The number of fused-ring (bicyclic) bond motifs is 2. The van der Waals surface area contributed by atoms with Gasteiger partial charge in [0.05, 0.1) is 23.4 Å². The molecule has 118 valence electrons. The molecule has 3 rings (SSSR count). The minimum absolute atomic E-state index is 0.0264. The second kappa shape index (κ2) is 6.29. The highest BCUT2D eigenvalue weighted by atomic mass is 35.5. The molecule has 1 aromatic carbocycles. The number of anilines is 1. The van der Waals surface area contributed by atoms with Crippen LogP contribution in [0.1, 0.15) is 42.5 Å². The second-order valence-electron chi connectivity index (χ2n) is 6.37. The molecular weight excluding hydrogens is 302 g/mol. The van der Waals surface area contributed by atoms with Crippen LogP contribution in [0.3, 0.4) is 0 Å². The topological polar surface area (TPSA) is 55.4 Å². The van der Waals surface area contributed by atoms with Gasteiger partial charge in [-0.25, -0.2) is 4.79 Å². The van der Waals surface area contributed by atoms with E-state index in [4.69, 9.17) is 11.6 Å². The third-order valence-corrected chi connectivity index (χ3v) is 5.32. The maximum atomic E-state index is 12.3. The first-order valence-corrected chi connectivity index (χ1v) is 8.12. The summed E-state index contributed by atoms with van der Waals surface area (Å²) in [4.78, 5) is 23.8. The molecule has 0 radical (unpaired) electrons. The van der Waals surface area contributed by atoms with Crippen LogP contribution in [-0.4, -0.2) is 19.0 Å². The summed E-state index contributed by atoms with van der Waals surface area (Å²) in [5, 5.41) is 3.26. The Morgan fingerprint density at radius 3 is 2.77 bits per heavy atom. The van der Waals surface area contributed by atoms with E-state index < -0.39 is 5.97 Å². The zero-order valence-corrected chi connectivity index (χ0v) is 13.4. The van der Waals surface area contributed by atoms with Crippen molar-refractivity contribution < 1.29 is 14.3 Å². The minimum Gasteiger partial charge on any atom is -0.465 e. The van der Waals surface area contributed by atoms with Crippen LogP contribution in [0.5, 0.6) is 0 Å². The van der Waals surface area contributed by atoms with Gasteiger partial charge in [-0.1, -0.05) is 18.0 Å². The number of ether oxygens (including phenoxy) is 1. The smallest absolute Gasteiger partial charge is 0.337 e. The second-order valence-corrected chi connectivity index (χ2v) is 6.78. The van der Waals surface area contributed by atoms with E-state index in [1.165, 1.54) is 32.8 Å². The number of halogens is 1. The molecule has 1 amide bonds. The number of esters is 1. The average molecular weight is 322 g/mol. The Hall–Kier alpha value is -1.55. The van der Waals surface area contributed by atoms with Crippen LogP contribution in [0.2, 0.25) is 5.02 Å². The molecule has 0 heterocycles. The Labute approximate surface area is 135 Å². The maximum absolute atomic E-state index is 12.3. The van der Waals surface area contributed by atoms with Crippen LogP contribution in [0, 0.1) is 17.8 Å². The largest absolute Gasteiger partial charge is 0.465 e. The molecule has 3 unspecified atom stereocenters. The summed E-state index contributed by atoms with van der Waals surface area (Å²) in [6.07, 6.45) is 5.60. The summed E-state index contributed by atoms with van der Waals surface area (Å²) in [6, 6.07) is 4.74. The standard InChI is InChI=1S/C17H20ClNO3/c1-22-17(21)12-4-5-14(18)15(8-12)19-16(20)9-13-7-10-2-3-11(13)6-10/h4-5,8,10-11,13H,2-3,6-7,9H2,1H3,(H,19,20). The summed E-state index contributed by atoms with van der Waals surface area (Å²) in [5.74, 6) is 1.57. The van der Waals surface area contributed by atoms with Crippen LogP contribution in [-0.2, 0) is 9.53 Å². The molecule has 3 atom stereocenters. The van der Waals surface area contributed by atoms with Crippen molar-refractivity contribution in [1.82, 2.24) is 0 Å². The zero-order valence-electron chi connectivity index (χ0n) is 12.6. The van der Waals surface area contributed by atoms with E-state index in [1.807, 2.05) is 0 Å². The molecule has 2 aliphatic carbocycles. The Balaban J connectivity index is 1.64. The van der Waals surface area contributed by atoms with E-state index in [2.05, 4.69) is 10.1 Å². The van der Waals surface area contributed by atoms with Crippen molar-refractivity contribution in [3.8, 4) is 0 Å². The molecule has 2 bridgehead atoms. The molecule has 0 spiro atoms. The van der Waals surface area contributed by atoms with E-state index in [0.717, 1.165) is 5.92 Å². The van der Waals surface area contributed by atoms with Crippen molar-refractivity contribution in [3.63, 3.8) is 0 Å². The van der Waals surface area contributed by atoms with Crippen molar-refractivity contribution in [2.75, 3.05) is 12.4 Å². The summed E-state index contributed by atoms with van der Waals surface area (Å²) >= 11 is 6.10. The lowest BCUT2D eigenvalue weighted by molar-refractivity contribution is -0.117. The molecule has 2 saturated carbocycles. The molecule has 1 aromatic rings. The summed E-state index contributed by atoms with van der Waals surface area (Å²) < 4.78 is 4.68. The third kappa shape index (κ3) is 3.12. The van der Waals surface area contributed by atoms with E-state index in [0.29, 0.717) is 34.5 Å². The molecule has 2 aliphatic rings. The molecule has 0 saturated heterocycles. The predicted octanol–water partition coefficient (Wildman–Crippen LogP) is 3.89. The average Bonchev–Trinajstić information content (AvgIpc) is 3.11. The van der Waals surface area contributed by atoms with Crippen molar-refractivity contribution in [3.05, 3.63) is 28.8 Å². The first-order valence-electron chi connectivity index (χ1n) is 7.74. The van der Waals surface area contributed by atoms with Gasteiger partial charge < -0.3 is 10.1 Å². The summed E-state index contributed by atoms with van der Waals surface area (Å²) in [7, 11) is 1.32. The van der Waals surface area contributed by atoms with Crippen molar-refractivity contribution >= 4 is 29.2 Å². The van der Waals surface area contributed by atoms with E-state index in [9.17, 15) is 9.59 Å². The Morgan fingerprint density at radius 1 is 1.32 bits per heavy atom. The van der Waals surface area contributed by atoms with Gasteiger partial charge in [0.25, 0.3) is 0 Å². The molecule has 0 aromatic heterocycles. The minimum atomic E-state index is -0.444. The third-order valence-electron chi connectivity index (χ3n) is 4.99. The van der Waals surface area contributed by atoms with Crippen molar-refractivity contribution in [1.29, 1.82) is 0 Å². The highest BCUT2D eigenvalue weighted by molar-refractivity contribution is 6.33. The number of benzene rings is 1. The van der Waals surface area contributed by atoms with Crippen LogP contribution in [0.25, 0.3) is 0 Å². The number of carbonyl (C=O) groups is 2. The fourth-order valence-electron chi connectivity index (χ4n) is 3.93. The highest BCUT2D eigenvalue weighted by Gasteiger charge is 2.40. The Bertz CT molecular complexity index is 602. The molecule has 2 fully saturated rings. The van der Waals surface area contributed by atoms with E-state index in [1.54, 1.807) is 18.2 Å². The van der Waals surface area contributed by atoms with Gasteiger partial charge in [-0.3, -0.25) is 4.79 Å². The SMILES string of the molecule is COC(=O)c1ccc(Cl)c(NC(=O)CC2CC3CCC2C3)c1. The van der Waals surface area contributed by atoms with Gasteiger partial charge >= 0.3 is 5.97 Å². The van der Waals surface area contributed by atoms with Crippen molar-refractivity contribution in [2.24, 2.45) is 17.8 Å². The molecule has 0 aliphatic heterocycles. The fraction of sp³-hybridized carbons (Fsp3) is 0.529. The van der Waals surface area contributed by atoms with Gasteiger partial charge in [0, 0.05) is 6.42 Å². The van der Waals surface area contributed by atoms with Gasteiger partial charge in [-0.2, -0.15) is 0 Å². The van der Waals surface area contributed by atoms with Crippen LogP contribution < -0.4 is 5.32 Å². The first kappa shape index (κ1) is 15.3. The van der Waals surface area contributed by atoms with Crippen LogP contribution in [0.15, 0.2) is 18.2 Å². The molecule has 5 heteroatoms. The van der Waals surface area contributed by atoms with Crippen LogP contribution in [0.4, 0.5) is 5.69 Å². The number of rotatable bonds is 4. The first-order chi connectivity index (χ1) is 10.6. The number of hydrogen-bond donors (Lipinski definition) is 1. The van der Waals surface area contributed by atoms with E-state index >= 15 is 0 Å². The van der Waals surface area contributed by atoms with Gasteiger partial charge in [-0.15, -0.1) is 0 Å². The highest BCUT2D eigenvalue weighted by Crippen LogP contribution is 2.49. The number of nitrogens with one attached hydrogen (secondary N) is 1. The zero-order chi connectivity index (χ0) is 15.7. The quantitative estimate of drug-likeness (QED) is 0.856. The van der Waals surface area contributed by atoms with Gasteiger partial charge in [0.15, 0.2) is 0 Å². The predicted molar refractivity (Wildman–Crippen MR) is 85.0 cm³/mol. The molecule has 4 nitrogen and oxygen atoms in total. The number of methoxy groups -OCH3 is 1. The van der Waals surface area contributed by atoms with Gasteiger partial charge in [-0.05, 0) is 55.2 Å². The molecule has 22 heavy (non-hydrogen) atoms. The number of hydrogen-bond acceptors (Lipinski definition) is 3. The molecular formula is C17H20ClNO3. The lowest BCUT2D eigenvalue weighted by Gasteiger charge is -2.21. The Morgan fingerprint density at radius 2 is 2.14 bits per heavy atom. The van der Waals surface area contributed by atoms with Crippen molar-refractivity contribution in [2.45, 2.75) is 32.1 Å². The Kier molecular flexibility index (Phi) is 4.39. The summed E-state index contributed by atoms with van der Waals surface area (Å²) in [6.45, 7) is 0. The lowest BCUT2D eigenvalue weighted by atomic mass is 9.86.